The second-order valence-electron chi connectivity index (χ2n) is 4.24. The zero-order valence-electron chi connectivity index (χ0n) is 11.0. The van der Waals surface area contributed by atoms with E-state index in [9.17, 15) is 0 Å². The first kappa shape index (κ1) is 14.4. The third-order valence-corrected chi connectivity index (χ3v) is 4.04. The highest BCUT2D eigenvalue weighted by Gasteiger charge is 2.06. The van der Waals surface area contributed by atoms with E-state index in [2.05, 4.69) is 29.0 Å². The predicted octanol–water partition coefficient (Wildman–Crippen LogP) is 4.46. The average Bonchev–Trinajstić information content (AvgIpc) is 2.47. The molecule has 100 valence electrons. The maximum atomic E-state index is 5.91. The second-order valence-corrected chi connectivity index (χ2v) is 5.56. The molecule has 1 aromatic carbocycles. The van der Waals surface area contributed by atoms with E-state index < -0.39 is 0 Å². The molecule has 0 bridgehead atoms. The maximum absolute atomic E-state index is 5.91. The molecule has 0 saturated carbocycles. The lowest BCUT2D eigenvalue weighted by molar-refractivity contribution is 0.837. The molecule has 0 fully saturated rings. The molecule has 2 aromatic rings. The van der Waals surface area contributed by atoms with Crippen molar-refractivity contribution >= 4 is 23.4 Å². The molecule has 1 heterocycles. The van der Waals surface area contributed by atoms with Crippen molar-refractivity contribution in [2.75, 3.05) is 0 Å². The molecular weight excluding hydrogens is 276 g/mol. The summed E-state index contributed by atoms with van der Waals surface area (Å²) in [5.74, 6) is 2.16. The Balaban J connectivity index is 2.06. The molecule has 2 rings (SSSR count). The summed E-state index contributed by atoms with van der Waals surface area (Å²) in [5.41, 5.74) is 2.15. The largest absolute Gasteiger partial charge is 0.240 e. The van der Waals surface area contributed by atoms with Crippen LogP contribution in [0.25, 0.3) is 0 Å². The third-order valence-electron chi connectivity index (χ3n) is 2.75. The van der Waals surface area contributed by atoms with Gasteiger partial charge in [-0.05, 0) is 18.6 Å². The number of benzene rings is 1. The highest BCUT2D eigenvalue weighted by atomic mass is 35.5. The number of nitrogens with zero attached hydrogens (tertiary/aromatic N) is 2. The number of thioether (sulfide) groups is 1. The van der Waals surface area contributed by atoms with Gasteiger partial charge in [-0.3, -0.25) is 0 Å². The molecule has 1 aromatic heterocycles. The van der Waals surface area contributed by atoms with Gasteiger partial charge in [0.1, 0.15) is 5.82 Å². The van der Waals surface area contributed by atoms with E-state index in [0.29, 0.717) is 5.88 Å². The molecule has 4 heteroatoms. The number of hydrogen-bond acceptors (Lipinski definition) is 3. The molecule has 19 heavy (non-hydrogen) atoms. The topological polar surface area (TPSA) is 25.8 Å². The number of halogens is 1. The Morgan fingerprint density at radius 1 is 1.21 bits per heavy atom. The number of aryl methyl sites for hydroxylation is 1. The van der Waals surface area contributed by atoms with Crippen LogP contribution in [0.1, 0.15) is 30.4 Å². The van der Waals surface area contributed by atoms with Gasteiger partial charge in [0.15, 0.2) is 0 Å². The average molecular weight is 293 g/mol. The van der Waals surface area contributed by atoms with Gasteiger partial charge in [0.05, 0.1) is 11.6 Å². The lowest BCUT2D eigenvalue weighted by atomic mass is 10.1. The Labute approximate surface area is 123 Å². The van der Waals surface area contributed by atoms with Crippen LogP contribution in [0.15, 0.2) is 41.4 Å². The Kier molecular flexibility index (Phi) is 5.67. The van der Waals surface area contributed by atoms with E-state index in [4.69, 9.17) is 11.6 Å². The summed E-state index contributed by atoms with van der Waals surface area (Å²) in [4.78, 5) is 10.3. The van der Waals surface area contributed by atoms with Crippen molar-refractivity contribution in [3.05, 3.63) is 53.6 Å². The van der Waals surface area contributed by atoms with Crippen LogP contribution >= 0.6 is 23.4 Å². The molecular formula is C15H17ClN2S. The van der Waals surface area contributed by atoms with Crippen LogP contribution in [0.4, 0.5) is 0 Å². The normalized spacial score (nSPS) is 10.6. The highest BCUT2D eigenvalue weighted by Crippen LogP contribution is 2.21. The smallest absolute Gasteiger partial charge is 0.138 e. The minimum atomic E-state index is 0.488. The van der Waals surface area contributed by atoms with Gasteiger partial charge in [0, 0.05) is 22.3 Å². The van der Waals surface area contributed by atoms with E-state index in [1.165, 1.54) is 4.90 Å². The summed E-state index contributed by atoms with van der Waals surface area (Å²) in [7, 11) is 0. The van der Waals surface area contributed by atoms with E-state index in [-0.39, 0.29) is 0 Å². The van der Waals surface area contributed by atoms with Crippen LogP contribution in [0, 0.1) is 0 Å². The zero-order chi connectivity index (χ0) is 13.5. The number of alkyl halides is 1. The molecule has 0 amide bonds. The van der Waals surface area contributed by atoms with Crippen molar-refractivity contribution in [3.8, 4) is 0 Å². The fraction of sp³-hybridized carbons (Fsp3) is 0.333. The summed E-state index contributed by atoms with van der Waals surface area (Å²) >= 11 is 7.66. The molecule has 0 aliphatic heterocycles. The SMILES string of the molecule is CCCc1nc(CSc2ccccc2)ncc1CCl. The molecule has 0 spiro atoms. The lowest BCUT2D eigenvalue weighted by Crippen LogP contribution is -2.02. The molecule has 0 aliphatic rings. The molecule has 0 atom stereocenters. The van der Waals surface area contributed by atoms with E-state index >= 15 is 0 Å². The summed E-state index contributed by atoms with van der Waals surface area (Å²) in [6.45, 7) is 2.15. The van der Waals surface area contributed by atoms with Crippen LogP contribution in [-0.4, -0.2) is 9.97 Å². The van der Waals surface area contributed by atoms with Crippen molar-refractivity contribution in [2.24, 2.45) is 0 Å². The fourth-order valence-electron chi connectivity index (χ4n) is 1.78. The quantitative estimate of drug-likeness (QED) is 0.581. The molecule has 0 unspecified atom stereocenters. The highest BCUT2D eigenvalue weighted by molar-refractivity contribution is 7.98. The van der Waals surface area contributed by atoms with Crippen LogP contribution in [0.3, 0.4) is 0 Å². The summed E-state index contributed by atoms with van der Waals surface area (Å²) in [6, 6.07) is 10.3. The number of hydrogen-bond donors (Lipinski definition) is 0. The van der Waals surface area contributed by atoms with E-state index in [1.54, 1.807) is 11.8 Å². The monoisotopic (exact) mass is 292 g/mol. The van der Waals surface area contributed by atoms with Crippen molar-refractivity contribution in [2.45, 2.75) is 36.3 Å². The van der Waals surface area contributed by atoms with Gasteiger partial charge < -0.3 is 0 Å². The first-order valence-electron chi connectivity index (χ1n) is 6.41. The van der Waals surface area contributed by atoms with Gasteiger partial charge in [-0.15, -0.1) is 23.4 Å². The van der Waals surface area contributed by atoms with Gasteiger partial charge in [-0.25, -0.2) is 9.97 Å². The number of aromatic nitrogens is 2. The fourth-order valence-corrected chi connectivity index (χ4v) is 2.79. The minimum absolute atomic E-state index is 0.488. The number of rotatable bonds is 6. The predicted molar refractivity (Wildman–Crippen MR) is 81.6 cm³/mol. The molecule has 0 radical (unpaired) electrons. The molecule has 0 aliphatic carbocycles. The molecule has 0 N–H and O–H groups in total. The molecule has 0 saturated heterocycles. The first-order chi connectivity index (χ1) is 9.33. The van der Waals surface area contributed by atoms with Gasteiger partial charge in [0.2, 0.25) is 0 Å². The summed E-state index contributed by atoms with van der Waals surface area (Å²) in [5, 5.41) is 0. The van der Waals surface area contributed by atoms with E-state index in [0.717, 1.165) is 35.7 Å². The van der Waals surface area contributed by atoms with Gasteiger partial charge in [0.25, 0.3) is 0 Å². The summed E-state index contributed by atoms with van der Waals surface area (Å²) in [6.07, 6.45) is 3.91. The zero-order valence-corrected chi connectivity index (χ0v) is 12.5. The van der Waals surface area contributed by atoms with Crippen LogP contribution in [-0.2, 0) is 18.1 Å². The Bertz CT molecular complexity index is 517. The van der Waals surface area contributed by atoms with Crippen molar-refractivity contribution in [1.82, 2.24) is 9.97 Å². The van der Waals surface area contributed by atoms with Gasteiger partial charge >= 0.3 is 0 Å². The Hall–Kier alpha value is -1.06. The van der Waals surface area contributed by atoms with E-state index in [1.807, 2.05) is 24.4 Å². The Morgan fingerprint density at radius 2 is 2.00 bits per heavy atom. The maximum Gasteiger partial charge on any atom is 0.138 e. The van der Waals surface area contributed by atoms with Gasteiger partial charge in [-0.2, -0.15) is 0 Å². The van der Waals surface area contributed by atoms with Crippen LogP contribution in [0.2, 0.25) is 0 Å². The van der Waals surface area contributed by atoms with Crippen LogP contribution in [0.5, 0.6) is 0 Å². The third kappa shape index (κ3) is 4.22. The van der Waals surface area contributed by atoms with Crippen molar-refractivity contribution < 1.29 is 0 Å². The van der Waals surface area contributed by atoms with Crippen molar-refractivity contribution in [1.29, 1.82) is 0 Å². The van der Waals surface area contributed by atoms with Crippen molar-refractivity contribution in [3.63, 3.8) is 0 Å². The lowest BCUT2D eigenvalue weighted by Gasteiger charge is -2.07. The second kappa shape index (κ2) is 7.51. The minimum Gasteiger partial charge on any atom is -0.240 e. The first-order valence-corrected chi connectivity index (χ1v) is 7.93. The molecule has 2 nitrogen and oxygen atoms in total. The Morgan fingerprint density at radius 3 is 2.68 bits per heavy atom. The van der Waals surface area contributed by atoms with Crippen LogP contribution < -0.4 is 0 Å². The van der Waals surface area contributed by atoms with Gasteiger partial charge in [-0.1, -0.05) is 31.5 Å². The summed E-state index contributed by atoms with van der Waals surface area (Å²) < 4.78 is 0. The standard InChI is InChI=1S/C15H17ClN2S/c1-2-6-14-12(9-16)10-17-15(18-14)11-19-13-7-4-3-5-8-13/h3-5,7-8,10H,2,6,9,11H2,1H3.